The second-order valence-electron chi connectivity index (χ2n) is 5.26. The molecule has 2 rings (SSSR count). The number of hydrazine groups is 1. The van der Waals surface area contributed by atoms with Crippen LogP contribution in [0.5, 0.6) is 5.75 Å². The monoisotopic (exact) mass is 248 g/mol. The maximum absolute atomic E-state index is 5.76. The van der Waals surface area contributed by atoms with Gasteiger partial charge in [-0.05, 0) is 42.4 Å². The molecule has 0 bridgehead atoms. The average Bonchev–Trinajstić information content (AvgIpc) is 2.89. The Morgan fingerprint density at radius 1 is 1.33 bits per heavy atom. The molecule has 0 aromatic heterocycles. The molecule has 0 saturated heterocycles. The van der Waals surface area contributed by atoms with E-state index in [9.17, 15) is 0 Å². The lowest BCUT2D eigenvalue weighted by Crippen LogP contribution is -2.32. The minimum absolute atomic E-state index is 0.271. The van der Waals surface area contributed by atoms with E-state index in [2.05, 4.69) is 24.5 Å². The van der Waals surface area contributed by atoms with E-state index in [4.69, 9.17) is 10.6 Å². The highest BCUT2D eigenvalue weighted by Gasteiger charge is 2.30. The third-order valence-corrected chi connectivity index (χ3v) is 4.29. The summed E-state index contributed by atoms with van der Waals surface area (Å²) in [5.41, 5.74) is 4.27. The van der Waals surface area contributed by atoms with Gasteiger partial charge in [0.2, 0.25) is 0 Å². The van der Waals surface area contributed by atoms with Crippen molar-refractivity contribution in [2.75, 3.05) is 7.11 Å². The molecule has 100 valence electrons. The van der Waals surface area contributed by atoms with Crippen LogP contribution >= 0.6 is 0 Å². The molecule has 3 N–H and O–H groups in total. The fourth-order valence-corrected chi connectivity index (χ4v) is 3.10. The number of ether oxygens (including phenoxy) is 1. The van der Waals surface area contributed by atoms with Crippen LogP contribution in [0.15, 0.2) is 24.3 Å². The quantitative estimate of drug-likeness (QED) is 0.622. The SMILES string of the molecule is CCC1CCC(C(NN)c2ccc(OC)cc2)C1. The molecule has 3 nitrogen and oxygen atoms in total. The largest absolute Gasteiger partial charge is 0.497 e. The molecule has 0 heterocycles. The Morgan fingerprint density at radius 2 is 2.06 bits per heavy atom. The van der Waals surface area contributed by atoms with Gasteiger partial charge < -0.3 is 4.74 Å². The van der Waals surface area contributed by atoms with E-state index < -0.39 is 0 Å². The van der Waals surface area contributed by atoms with Gasteiger partial charge in [-0.2, -0.15) is 0 Å². The first kappa shape index (κ1) is 13.4. The number of nitrogens with one attached hydrogen (secondary N) is 1. The van der Waals surface area contributed by atoms with Crippen molar-refractivity contribution >= 4 is 0 Å². The van der Waals surface area contributed by atoms with E-state index >= 15 is 0 Å². The molecule has 1 aromatic carbocycles. The van der Waals surface area contributed by atoms with Crippen LogP contribution in [0.25, 0.3) is 0 Å². The normalized spacial score (nSPS) is 25.1. The predicted molar refractivity (Wildman–Crippen MR) is 74.2 cm³/mol. The summed E-state index contributed by atoms with van der Waals surface area (Å²) in [6, 6.07) is 8.51. The van der Waals surface area contributed by atoms with E-state index in [1.165, 1.54) is 31.2 Å². The molecular weight excluding hydrogens is 224 g/mol. The van der Waals surface area contributed by atoms with E-state index in [1.807, 2.05) is 12.1 Å². The molecule has 3 heteroatoms. The van der Waals surface area contributed by atoms with Gasteiger partial charge in [0, 0.05) is 6.04 Å². The van der Waals surface area contributed by atoms with Gasteiger partial charge in [-0.1, -0.05) is 31.9 Å². The average molecular weight is 248 g/mol. The van der Waals surface area contributed by atoms with Gasteiger partial charge in [0.25, 0.3) is 0 Å². The highest BCUT2D eigenvalue weighted by Crippen LogP contribution is 2.40. The number of hydrogen-bond donors (Lipinski definition) is 2. The lowest BCUT2D eigenvalue weighted by Gasteiger charge is -2.23. The molecule has 18 heavy (non-hydrogen) atoms. The molecule has 1 aliphatic rings. The zero-order valence-corrected chi connectivity index (χ0v) is 11.4. The topological polar surface area (TPSA) is 47.3 Å². The van der Waals surface area contributed by atoms with Crippen LogP contribution in [-0.4, -0.2) is 7.11 Å². The molecule has 0 amide bonds. The van der Waals surface area contributed by atoms with Gasteiger partial charge in [-0.3, -0.25) is 11.3 Å². The van der Waals surface area contributed by atoms with E-state index in [-0.39, 0.29) is 6.04 Å². The molecular formula is C15H24N2O. The van der Waals surface area contributed by atoms with Crippen LogP contribution < -0.4 is 16.0 Å². The van der Waals surface area contributed by atoms with Crippen molar-refractivity contribution in [2.24, 2.45) is 17.7 Å². The summed E-state index contributed by atoms with van der Waals surface area (Å²) in [4.78, 5) is 0. The lowest BCUT2D eigenvalue weighted by molar-refractivity contribution is 0.357. The van der Waals surface area contributed by atoms with Gasteiger partial charge in [0.05, 0.1) is 7.11 Å². The van der Waals surface area contributed by atoms with Crippen molar-refractivity contribution in [3.8, 4) is 5.75 Å². The summed E-state index contributed by atoms with van der Waals surface area (Å²) in [6.07, 6.45) is 5.20. The molecule has 0 radical (unpaired) electrons. The van der Waals surface area contributed by atoms with Crippen LogP contribution in [0.3, 0.4) is 0 Å². The lowest BCUT2D eigenvalue weighted by atomic mass is 9.91. The second-order valence-corrected chi connectivity index (χ2v) is 5.26. The smallest absolute Gasteiger partial charge is 0.118 e. The van der Waals surface area contributed by atoms with Gasteiger partial charge in [-0.25, -0.2) is 0 Å². The summed E-state index contributed by atoms with van der Waals surface area (Å²) in [5.74, 6) is 8.20. The molecule has 1 aromatic rings. The summed E-state index contributed by atoms with van der Waals surface area (Å²) in [7, 11) is 1.69. The summed E-state index contributed by atoms with van der Waals surface area (Å²) in [6.45, 7) is 2.28. The Balaban J connectivity index is 2.08. The Morgan fingerprint density at radius 3 is 2.56 bits per heavy atom. The number of nitrogens with two attached hydrogens (primary N) is 1. The Hall–Kier alpha value is -1.06. The molecule has 0 aliphatic heterocycles. The number of benzene rings is 1. The van der Waals surface area contributed by atoms with Crippen molar-refractivity contribution in [3.63, 3.8) is 0 Å². The zero-order chi connectivity index (χ0) is 13.0. The number of hydrogen-bond acceptors (Lipinski definition) is 3. The molecule has 1 fully saturated rings. The first-order valence-corrected chi connectivity index (χ1v) is 6.88. The summed E-state index contributed by atoms with van der Waals surface area (Å²) in [5, 5.41) is 0. The molecule has 3 atom stereocenters. The van der Waals surface area contributed by atoms with Gasteiger partial charge in [0.15, 0.2) is 0 Å². The molecule has 0 spiro atoms. The maximum atomic E-state index is 5.76. The van der Waals surface area contributed by atoms with Crippen LogP contribution in [0.2, 0.25) is 0 Å². The molecule has 1 aliphatic carbocycles. The zero-order valence-electron chi connectivity index (χ0n) is 11.4. The fraction of sp³-hybridized carbons (Fsp3) is 0.600. The second kappa shape index (κ2) is 6.21. The highest BCUT2D eigenvalue weighted by atomic mass is 16.5. The minimum Gasteiger partial charge on any atom is -0.497 e. The van der Waals surface area contributed by atoms with Crippen LogP contribution in [0, 0.1) is 11.8 Å². The van der Waals surface area contributed by atoms with Crippen LogP contribution in [0.1, 0.15) is 44.2 Å². The third-order valence-electron chi connectivity index (χ3n) is 4.29. The molecule has 3 unspecified atom stereocenters. The van der Waals surface area contributed by atoms with Crippen LogP contribution in [-0.2, 0) is 0 Å². The Kier molecular flexibility index (Phi) is 4.61. The predicted octanol–water partition coefficient (Wildman–Crippen LogP) is 3.03. The molecule has 1 saturated carbocycles. The van der Waals surface area contributed by atoms with Gasteiger partial charge in [-0.15, -0.1) is 0 Å². The van der Waals surface area contributed by atoms with Crippen LogP contribution in [0.4, 0.5) is 0 Å². The van der Waals surface area contributed by atoms with Gasteiger partial charge in [0.1, 0.15) is 5.75 Å². The number of rotatable bonds is 5. The summed E-state index contributed by atoms with van der Waals surface area (Å²) >= 11 is 0. The van der Waals surface area contributed by atoms with Gasteiger partial charge >= 0.3 is 0 Å². The Bertz CT molecular complexity index is 363. The summed E-state index contributed by atoms with van der Waals surface area (Å²) < 4.78 is 5.19. The Labute approximate surface area is 110 Å². The van der Waals surface area contributed by atoms with E-state index in [1.54, 1.807) is 7.11 Å². The van der Waals surface area contributed by atoms with E-state index in [0.29, 0.717) is 5.92 Å². The van der Waals surface area contributed by atoms with E-state index in [0.717, 1.165) is 11.7 Å². The first-order valence-electron chi connectivity index (χ1n) is 6.88. The standard InChI is InChI=1S/C15H24N2O/c1-3-11-4-5-13(10-11)15(17-16)12-6-8-14(18-2)9-7-12/h6-9,11,13,15,17H,3-5,10,16H2,1-2H3. The first-order chi connectivity index (χ1) is 8.78. The minimum atomic E-state index is 0.271. The van der Waals surface area contributed by atoms with Crippen molar-refractivity contribution < 1.29 is 4.74 Å². The number of methoxy groups -OCH3 is 1. The highest BCUT2D eigenvalue weighted by molar-refractivity contribution is 5.29. The van der Waals surface area contributed by atoms with Crippen molar-refractivity contribution in [2.45, 2.75) is 38.6 Å². The maximum Gasteiger partial charge on any atom is 0.118 e. The van der Waals surface area contributed by atoms with Crippen molar-refractivity contribution in [3.05, 3.63) is 29.8 Å². The van der Waals surface area contributed by atoms with Crippen molar-refractivity contribution in [1.82, 2.24) is 5.43 Å². The van der Waals surface area contributed by atoms with Crippen molar-refractivity contribution in [1.29, 1.82) is 0 Å². The third kappa shape index (κ3) is 2.85. The fourth-order valence-electron chi connectivity index (χ4n) is 3.10.